The third kappa shape index (κ3) is 3.94. The second-order valence-electron chi connectivity index (χ2n) is 6.03. The summed E-state index contributed by atoms with van der Waals surface area (Å²) in [4.78, 5) is 17.0. The Morgan fingerprint density at radius 1 is 0.786 bits per heavy atom. The molecule has 138 valence electrons. The van der Waals surface area contributed by atoms with E-state index in [4.69, 9.17) is 23.2 Å². The molecule has 3 aromatic carbocycles. The van der Waals surface area contributed by atoms with Crippen molar-refractivity contribution < 1.29 is 4.79 Å². The number of nitrogens with one attached hydrogen (secondary N) is 1. The van der Waals surface area contributed by atoms with Crippen LogP contribution in [-0.2, 0) is 0 Å². The van der Waals surface area contributed by atoms with Crippen LogP contribution in [0.15, 0.2) is 78.2 Å². The molecule has 0 aliphatic heterocycles. The Labute approximate surface area is 176 Å². The highest BCUT2D eigenvalue weighted by molar-refractivity contribution is 7.14. The Morgan fingerprint density at radius 3 is 2.07 bits per heavy atom. The second-order valence-corrected chi connectivity index (χ2v) is 7.70. The fourth-order valence-corrected chi connectivity index (χ4v) is 4.09. The Bertz CT molecular complexity index is 1100. The van der Waals surface area contributed by atoms with Gasteiger partial charge in [0.05, 0.1) is 21.3 Å². The zero-order valence-corrected chi connectivity index (χ0v) is 16.9. The van der Waals surface area contributed by atoms with Crippen molar-refractivity contribution in [1.29, 1.82) is 0 Å². The number of aromatic nitrogens is 1. The Balaban J connectivity index is 1.52. The first-order valence-electron chi connectivity index (χ1n) is 8.48. The summed E-state index contributed by atoms with van der Waals surface area (Å²) in [5, 5.41) is 5.77. The number of thiazole rings is 1. The van der Waals surface area contributed by atoms with Crippen LogP contribution in [-0.4, -0.2) is 10.9 Å². The van der Waals surface area contributed by atoms with Crippen LogP contribution in [0, 0.1) is 0 Å². The summed E-state index contributed by atoms with van der Waals surface area (Å²) in [5.41, 5.74) is 4.32. The molecule has 0 aliphatic rings. The number of rotatable bonds is 4. The summed E-state index contributed by atoms with van der Waals surface area (Å²) >= 11 is 13.5. The first kappa shape index (κ1) is 18.7. The van der Waals surface area contributed by atoms with E-state index in [0.717, 1.165) is 22.4 Å². The van der Waals surface area contributed by atoms with Gasteiger partial charge in [-0.1, -0.05) is 83.9 Å². The van der Waals surface area contributed by atoms with E-state index in [2.05, 4.69) is 34.6 Å². The number of hydrogen-bond donors (Lipinski definition) is 1. The lowest BCUT2D eigenvalue weighted by Gasteiger charge is -2.06. The van der Waals surface area contributed by atoms with E-state index in [1.54, 1.807) is 18.2 Å². The molecule has 0 bridgehead atoms. The monoisotopic (exact) mass is 424 g/mol. The molecule has 0 atom stereocenters. The van der Waals surface area contributed by atoms with E-state index in [-0.39, 0.29) is 11.5 Å². The third-order valence-corrected chi connectivity index (χ3v) is 5.59. The highest BCUT2D eigenvalue weighted by Gasteiger charge is 2.16. The van der Waals surface area contributed by atoms with Crippen LogP contribution in [0.25, 0.3) is 22.4 Å². The molecule has 0 saturated carbocycles. The molecule has 0 aliphatic carbocycles. The van der Waals surface area contributed by atoms with Gasteiger partial charge in [-0.25, -0.2) is 4.98 Å². The number of nitrogens with zero attached hydrogens (tertiary/aromatic N) is 1. The molecule has 28 heavy (non-hydrogen) atoms. The smallest absolute Gasteiger partial charge is 0.260 e. The quantitative estimate of drug-likeness (QED) is 0.381. The number of amides is 1. The van der Waals surface area contributed by atoms with Crippen LogP contribution < -0.4 is 5.32 Å². The van der Waals surface area contributed by atoms with Crippen LogP contribution in [0.2, 0.25) is 10.0 Å². The average Bonchev–Trinajstić information content (AvgIpc) is 3.17. The third-order valence-electron chi connectivity index (χ3n) is 4.20. The topological polar surface area (TPSA) is 42.0 Å². The normalized spacial score (nSPS) is 10.6. The second kappa shape index (κ2) is 8.15. The van der Waals surface area contributed by atoms with Crippen molar-refractivity contribution in [2.24, 2.45) is 0 Å². The lowest BCUT2D eigenvalue weighted by atomic mass is 10.0. The van der Waals surface area contributed by atoms with Crippen molar-refractivity contribution >= 4 is 45.6 Å². The summed E-state index contributed by atoms with van der Waals surface area (Å²) in [6.45, 7) is 0. The molecule has 3 nitrogen and oxygen atoms in total. The van der Waals surface area contributed by atoms with Gasteiger partial charge in [-0.3, -0.25) is 10.1 Å². The van der Waals surface area contributed by atoms with Crippen LogP contribution in [0.4, 0.5) is 5.13 Å². The summed E-state index contributed by atoms with van der Waals surface area (Å²) in [6.07, 6.45) is 0. The molecule has 0 fully saturated rings. The molecule has 1 N–H and O–H groups in total. The number of carbonyl (C=O) groups is 1. The average molecular weight is 425 g/mol. The lowest BCUT2D eigenvalue weighted by Crippen LogP contribution is -2.12. The van der Waals surface area contributed by atoms with Crippen LogP contribution in [0.1, 0.15) is 10.4 Å². The van der Waals surface area contributed by atoms with Gasteiger partial charge in [0, 0.05) is 10.9 Å². The zero-order chi connectivity index (χ0) is 19.5. The van der Waals surface area contributed by atoms with Crippen molar-refractivity contribution in [3.63, 3.8) is 0 Å². The Morgan fingerprint density at radius 2 is 1.39 bits per heavy atom. The lowest BCUT2D eigenvalue weighted by molar-refractivity contribution is 0.102. The summed E-state index contributed by atoms with van der Waals surface area (Å²) in [6, 6.07) is 23.3. The molecule has 1 amide bonds. The molecule has 0 unspecified atom stereocenters. The maximum absolute atomic E-state index is 12.5. The fourth-order valence-electron chi connectivity index (χ4n) is 2.80. The first-order valence-corrected chi connectivity index (χ1v) is 10.1. The standard InChI is InChI=1S/C22H14Cl2N2OS/c23-17-7-4-8-18(24)20(17)21(27)26-22-25-19(13-28-22)16-11-9-15(10-12-16)14-5-2-1-3-6-14/h1-13H,(H,25,26,27). The van der Waals surface area contributed by atoms with Crippen molar-refractivity contribution in [2.45, 2.75) is 0 Å². The van der Waals surface area contributed by atoms with Crippen molar-refractivity contribution in [2.75, 3.05) is 5.32 Å². The molecule has 1 aromatic heterocycles. The minimum absolute atomic E-state index is 0.245. The maximum Gasteiger partial charge on any atom is 0.260 e. The number of anilines is 1. The molecule has 4 aromatic rings. The van der Waals surface area contributed by atoms with Gasteiger partial charge in [0.15, 0.2) is 5.13 Å². The van der Waals surface area contributed by atoms with Gasteiger partial charge >= 0.3 is 0 Å². The molecule has 0 radical (unpaired) electrons. The van der Waals surface area contributed by atoms with E-state index in [1.165, 1.54) is 11.3 Å². The highest BCUT2D eigenvalue weighted by Crippen LogP contribution is 2.29. The predicted molar refractivity (Wildman–Crippen MR) is 117 cm³/mol. The van der Waals surface area contributed by atoms with Crippen LogP contribution in [0.3, 0.4) is 0 Å². The Hall–Kier alpha value is -2.66. The van der Waals surface area contributed by atoms with Crippen LogP contribution >= 0.6 is 34.5 Å². The predicted octanol–water partition coefficient (Wildman–Crippen LogP) is 7.04. The van der Waals surface area contributed by atoms with Crippen LogP contribution in [0.5, 0.6) is 0 Å². The van der Waals surface area contributed by atoms with Crippen molar-refractivity contribution in [3.05, 3.63) is 93.8 Å². The minimum Gasteiger partial charge on any atom is -0.298 e. The molecular formula is C22H14Cl2N2OS. The number of hydrogen-bond acceptors (Lipinski definition) is 3. The maximum atomic E-state index is 12.5. The van der Waals surface area contributed by atoms with Gasteiger partial charge < -0.3 is 0 Å². The molecule has 0 saturated heterocycles. The molecule has 6 heteroatoms. The minimum atomic E-state index is -0.379. The largest absolute Gasteiger partial charge is 0.298 e. The van der Waals surface area contributed by atoms with Gasteiger partial charge in [0.2, 0.25) is 0 Å². The summed E-state index contributed by atoms with van der Waals surface area (Å²) in [7, 11) is 0. The van der Waals surface area contributed by atoms with Gasteiger partial charge in [0.1, 0.15) is 0 Å². The summed E-state index contributed by atoms with van der Waals surface area (Å²) < 4.78 is 0. The number of carbonyl (C=O) groups excluding carboxylic acids is 1. The van der Waals surface area contributed by atoms with E-state index in [9.17, 15) is 4.79 Å². The van der Waals surface area contributed by atoms with Gasteiger partial charge in [-0.2, -0.15) is 0 Å². The van der Waals surface area contributed by atoms with Gasteiger partial charge in [-0.15, -0.1) is 11.3 Å². The molecule has 4 rings (SSSR count). The number of benzene rings is 3. The summed E-state index contributed by atoms with van der Waals surface area (Å²) in [5.74, 6) is -0.379. The van der Waals surface area contributed by atoms with Crippen molar-refractivity contribution in [3.8, 4) is 22.4 Å². The Kier molecular flexibility index (Phi) is 5.44. The highest BCUT2D eigenvalue weighted by atomic mass is 35.5. The SMILES string of the molecule is O=C(Nc1nc(-c2ccc(-c3ccccc3)cc2)cs1)c1c(Cl)cccc1Cl. The van der Waals surface area contributed by atoms with E-state index >= 15 is 0 Å². The molecular weight excluding hydrogens is 411 g/mol. The van der Waals surface area contributed by atoms with Gasteiger partial charge in [-0.05, 0) is 23.3 Å². The van der Waals surface area contributed by atoms with E-state index < -0.39 is 0 Å². The first-order chi connectivity index (χ1) is 13.6. The van der Waals surface area contributed by atoms with Gasteiger partial charge in [0.25, 0.3) is 5.91 Å². The van der Waals surface area contributed by atoms with Crippen molar-refractivity contribution in [1.82, 2.24) is 4.98 Å². The fraction of sp³-hybridized carbons (Fsp3) is 0. The van der Waals surface area contributed by atoms with E-state index in [0.29, 0.717) is 15.2 Å². The number of halogens is 2. The zero-order valence-electron chi connectivity index (χ0n) is 14.5. The molecule has 1 heterocycles. The molecule has 0 spiro atoms. The van der Waals surface area contributed by atoms with E-state index in [1.807, 2.05) is 35.7 Å².